The largest absolute Gasteiger partial charge is 0.482 e. The molecule has 27 heavy (non-hydrogen) atoms. The monoisotopic (exact) mass is 366 g/mol. The number of hydrogen-bond donors (Lipinski definition) is 0. The Balaban J connectivity index is 1.57. The minimum atomic E-state index is -0.660. The molecule has 0 aliphatic heterocycles. The fourth-order valence-electron chi connectivity index (χ4n) is 2.65. The van der Waals surface area contributed by atoms with Crippen molar-refractivity contribution in [2.24, 2.45) is 0 Å². The van der Waals surface area contributed by atoms with Crippen LogP contribution in [0.1, 0.15) is 35.6 Å². The van der Waals surface area contributed by atoms with Gasteiger partial charge in [-0.3, -0.25) is 0 Å². The zero-order valence-electron chi connectivity index (χ0n) is 15.9. The van der Waals surface area contributed by atoms with Gasteiger partial charge in [0.15, 0.2) is 12.7 Å². The van der Waals surface area contributed by atoms with E-state index >= 15 is 0 Å². The molecule has 6 nitrogen and oxygen atoms in total. The molecule has 0 radical (unpaired) electrons. The highest BCUT2D eigenvalue weighted by atomic mass is 16.6. The maximum atomic E-state index is 12.0. The first-order chi connectivity index (χ1) is 12.9. The molecule has 0 N–H and O–H groups in total. The number of carbonyl (C=O) groups excluding carboxylic acids is 1. The zero-order chi connectivity index (χ0) is 19.4. The van der Waals surface area contributed by atoms with Gasteiger partial charge in [0.05, 0.1) is 0 Å². The van der Waals surface area contributed by atoms with Crippen molar-refractivity contribution in [3.05, 3.63) is 65.0 Å². The Labute approximate surface area is 158 Å². The second-order valence-electron chi connectivity index (χ2n) is 6.56. The van der Waals surface area contributed by atoms with Crippen molar-refractivity contribution < 1.29 is 18.7 Å². The Kier molecular flexibility index (Phi) is 5.54. The van der Waals surface area contributed by atoms with E-state index in [0.717, 1.165) is 22.3 Å². The molecular formula is C21H22N2O4. The van der Waals surface area contributed by atoms with E-state index in [4.69, 9.17) is 13.9 Å². The smallest absolute Gasteiger partial charge is 0.344 e. The number of benzene rings is 2. The van der Waals surface area contributed by atoms with Gasteiger partial charge in [0, 0.05) is 5.56 Å². The number of hydrogen-bond acceptors (Lipinski definition) is 6. The van der Waals surface area contributed by atoms with E-state index in [1.54, 1.807) is 6.92 Å². The normalized spacial score (nSPS) is 11.9. The molecule has 0 amide bonds. The first-order valence-corrected chi connectivity index (χ1v) is 8.72. The second-order valence-corrected chi connectivity index (χ2v) is 6.56. The van der Waals surface area contributed by atoms with E-state index < -0.39 is 12.1 Å². The summed E-state index contributed by atoms with van der Waals surface area (Å²) in [6.07, 6.45) is -0.660. The predicted octanol–water partition coefficient (Wildman–Crippen LogP) is 4.35. The third-order valence-electron chi connectivity index (χ3n) is 3.95. The molecule has 6 heteroatoms. The summed E-state index contributed by atoms with van der Waals surface area (Å²) in [6.45, 7) is 7.45. The Bertz CT molecular complexity index is 911. The lowest BCUT2D eigenvalue weighted by Crippen LogP contribution is -2.17. The summed E-state index contributed by atoms with van der Waals surface area (Å²) in [4.78, 5) is 12.0. The van der Waals surface area contributed by atoms with Crippen LogP contribution in [-0.4, -0.2) is 22.8 Å². The fraction of sp³-hybridized carbons (Fsp3) is 0.286. The Morgan fingerprint density at radius 1 is 1.00 bits per heavy atom. The minimum Gasteiger partial charge on any atom is -0.482 e. The standard InChI is InChI=1S/C21H22N2O4/c1-13-5-7-17(8-6-13)21-23-22-20(27-21)16(4)26-19(24)12-25-18-10-14(2)9-15(3)11-18/h5-11,16H,12H2,1-4H3/t16-/m0/s1. The van der Waals surface area contributed by atoms with Crippen LogP contribution in [0.4, 0.5) is 0 Å². The first kappa shape index (κ1) is 18.6. The summed E-state index contributed by atoms with van der Waals surface area (Å²) >= 11 is 0. The Hall–Kier alpha value is -3.15. The van der Waals surface area contributed by atoms with Crippen LogP contribution in [0.3, 0.4) is 0 Å². The van der Waals surface area contributed by atoms with E-state index in [9.17, 15) is 4.79 Å². The molecule has 1 heterocycles. The minimum absolute atomic E-state index is 0.188. The Morgan fingerprint density at radius 2 is 1.67 bits per heavy atom. The number of nitrogens with zero attached hydrogens (tertiary/aromatic N) is 2. The van der Waals surface area contributed by atoms with Gasteiger partial charge in [-0.1, -0.05) is 23.8 Å². The number of rotatable bonds is 6. The highest BCUT2D eigenvalue weighted by Crippen LogP contribution is 2.23. The van der Waals surface area contributed by atoms with Crippen molar-refractivity contribution in [1.82, 2.24) is 10.2 Å². The topological polar surface area (TPSA) is 74.5 Å². The van der Waals surface area contributed by atoms with Crippen molar-refractivity contribution in [3.8, 4) is 17.2 Å². The van der Waals surface area contributed by atoms with Crippen LogP contribution in [-0.2, 0) is 9.53 Å². The third-order valence-corrected chi connectivity index (χ3v) is 3.95. The van der Waals surface area contributed by atoms with Crippen LogP contribution in [0.25, 0.3) is 11.5 Å². The van der Waals surface area contributed by atoms with Crippen LogP contribution in [0.5, 0.6) is 5.75 Å². The summed E-state index contributed by atoms with van der Waals surface area (Å²) in [5.74, 6) is 0.762. The van der Waals surface area contributed by atoms with E-state index in [0.29, 0.717) is 11.6 Å². The van der Waals surface area contributed by atoms with Crippen molar-refractivity contribution in [2.75, 3.05) is 6.61 Å². The quantitative estimate of drug-likeness (QED) is 0.604. The van der Waals surface area contributed by atoms with Crippen LogP contribution in [0.2, 0.25) is 0 Å². The molecule has 2 aromatic carbocycles. The molecular weight excluding hydrogens is 344 g/mol. The van der Waals surface area contributed by atoms with Crippen molar-refractivity contribution >= 4 is 5.97 Å². The summed E-state index contributed by atoms with van der Waals surface area (Å²) in [7, 11) is 0. The highest BCUT2D eigenvalue weighted by molar-refractivity contribution is 5.71. The zero-order valence-corrected chi connectivity index (χ0v) is 15.9. The van der Waals surface area contributed by atoms with Gasteiger partial charge in [0.2, 0.25) is 5.89 Å². The van der Waals surface area contributed by atoms with Crippen LogP contribution < -0.4 is 4.74 Å². The van der Waals surface area contributed by atoms with E-state index in [1.807, 2.05) is 63.2 Å². The predicted molar refractivity (Wildman–Crippen MR) is 100 cm³/mol. The molecule has 1 aromatic heterocycles. The molecule has 3 rings (SSSR count). The molecule has 0 fully saturated rings. The average molecular weight is 366 g/mol. The van der Waals surface area contributed by atoms with Gasteiger partial charge in [0.25, 0.3) is 5.89 Å². The molecule has 3 aromatic rings. The molecule has 140 valence electrons. The van der Waals surface area contributed by atoms with Crippen LogP contribution in [0.15, 0.2) is 46.9 Å². The van der Waals surface area contributed by atoms with Gasteiger partial charge in [-0.15, -0.1) is 10.2 Å². The maximum absolute atomic E-state index is 12.0. The number of ether oxygens (including phenoxy) is 2. The van der Waals surface area contributed by atoms with Gasteiger partial charge in [-0.25, -0.2) is 4.79 Å². The lowest BCUT2D eigenvalue weighted by molar-refractivity contribution is -0.152. The maximum Gasteiger partial charge on any atom is 0.344 e. The fourth-order valence-corrected chi connectivity index (χ4v) is 2.65. The molecule has 1 atom stereocenters. The van der Waals surface area contributed by atoms with Gasteiger partial charge in [0.1, 0.15) is 5.75 Å². The van der Waals surface area contributed by atoms with Crippen LogP contribution >= 0.6 is 0 Å². The van der Waals surface area contributed by atoms with E-state index in [1.165, 1.54) is 0 Å². The van der Waals surface area contributed by atoms with Gasteiger partial charge in [-0.05, 0) is 63.1 Å². The molecule has 0 saturated heterocycles. The molecule has 0 aliphatic carbocycles. The first-order valence-electron chi connectivity index (χ1n) is 8.72. The average Bonchev–Trinajstić information content (AvgIpc) is 3.10. The van der Waals surface area contributed by atoms with E-state index in [2.05, 4.69) is 10.2 Å². The SMILES string of the molecule is Cc1ccc(-c2nnc([C@H](C)OC(=O)COc3cc(C)cc(C)c3)o2)cc1. The third kappa shape index (κ3) is 4.94. The number of aromatic nitrogens is 2. The highest BCUT2D eigenvalue weighted by Gasteiger charge is 2.19. The Morgan fingerprint density at radius 3 is 2.33 bits per heavy atom. The summed E-state index contributed by atoms with van der Waals surface area (Å²) in [5, 5.41) is 7.99. The molecule has 0 aliphatic rings. The molecule has 0 unspecified atom stereocenters. The van der Waals surface area contributed by atoms with Crippen molar-refractivity contribution in [1.29, 1.82) is 0 Å². The number of aryl methyl sites for hydroxylation is 3. The lowest BCUT2D eigenvalue weighted by Gasteiger charge is -2.11. The van der Waals surface area contributed by atoms with Crippen molar-refractivity contribution in [3.63, 3.8) is 0 Å². The van der Waals surface area contributed by atoms with Crippen LogP contribution in [0, 0.1) is 20.8 Å². The second kappa shape index (κ2) is 8.03. The molecule has 0 bridgehead atoms. The summed E-state index contributed by atoms with van der Waals surface area (Å²) in [6, 6.07) is 13.5. The van der Waals surface area contributed by atoms with Gasteiger partial charge in [-0.2, -0.15) is 0 Å². The summed E-state index contributed by atoms with van der Waals surface area (Å²) < 4.78 is 16.5. The molecule has 0 saturated carbocycles. The number of carbonyl (C=O) groups is 1. The lowest BCUT2D eigenvalue weighted by atomic mass is 10.1. The number of esters is 1. The van der Waals surface area contributed by atoms with Gasteiger partial charge >= 0.3 is 5.97 Å². The van der Waals surface area contributed by atoms with E-state index in [-0.39, 0.29) is 12.5 Å². The van der Waals surface area contributed by atoms with Crippen molar-refractivity contribution in [2.45, 2.75) is 33.8 Å². The molecule has 0 spiro atoms. The van der Waals surface area contributed by atoms with Gasteiger partial charge < -0.3 is 13.9 Å². The summed E-state index contributed by atoms with van der Waals surface area (Å²) in [5.41, 5.74) is 4.10.